The minimum Gasteiger partial charge on any atom is -0.484 e. The van der Waals surface area contributed by atoms with Crippen LogP contribution in [0.25, 0.3) is 0 Å². The van der Waals surface area contributed by atoms with E-state index in [2.05, 4.69) is 10.6 Å². The van der Waals surface area contributed by atoms with E-state index in [1.165, 1.54) is 0 Å². The van der Waals surface area contributed by atoms with Crippen LogP contribution in [0.5, 0.6) is 5.75 Å². The van der Waals surface area contributed by atoms with Crippen molar-refractivity contribution in [2.45, 2.75) is 12.5 Å². The number of carbonyl (C=O) groups excluding carboxylic acids is 3. The van der Waals surface area contributed by atoms with Gasteiger partial charge >= 0.3 is 6.03 Å². The minimum absolute atomic E-state index is 0.160. The number of para-hydroxylation sites is 1. The number of nitrogens with one attached hydrogen (secondary N) is 2. The molecule has 1 spiro atoms. The van der Waals surface area contributed by atoms with Crippen LogP contribution in [0.3, 0.4) is 0 Å². The average Bonchev–Trinajstić information content (AvgIpc) is 2.59. The Bertz CT molecular complexity index is 827. The number of carbonyl (C=O) groups is 3. The summed E-state index contributed by atoms with van der Waals surface area (Å²) in [5, 5.41) is 4.42. The molecule has 2 aromatic rings. The van der Waals surface area contributed by atoms with E-state index in [1.54, 1.807) is 12.1 Å². The zero-order valence-corrected chi connectivity index (χ0v) is 12.6. The van der Waals surface area contributed by atoms with Crippen LogP contribution in [-0.2, 0) is 16.0 Å². The summed E-state index contributed by atoms with van der Waals surface area (Å²) in [6.45, 7) is 0. The van der Waals surface area contributed by atoms with Gasteiger partial charge in [0.25, 0.3) is 0 Å². The molecule has 2 aromatic carbocycles. The number of ether oxygens (including phenoxy) is 1. The molecule has 0 aromatic heterocycles. The normalized spacial score (nSPS) is 21.5. The SMILES string of the molecule is O=C1NC(=O)C2(Cc3ccccc3O[C@@H]2c2ccccc2)C(=O)N1. The number of hydrogen-bond donors (Lipinski definition) is 2. The molecule has 4 amide bonds. The second kappa shape index (κ2) is 5.19. The molecule has 1 atom stereocenters. The molecule has 2 aliphatic heterocycles. The summed E-state index contributed by atoms with van der Waals surface area (Å²) in [5.74, 6) is -0.645. The molecule has 1 saturated heterocycles. The van der Waals surface area contributed by atoms with Gasteiger partial charge in [0.15, 0.2) is 5.41 Å². The Hall–Kier alpha value is -3.15. The molecule has 2 N–H and O–H groups in total. The topological polar surface area (TPSA) is 84.5 Å². The predicted molar refractivity (Wildman–Crippen MR) is 84.1 cm³/mol. The monoisotopic (exact) mass is 322 g/mol. The van der Waals surface area contributed by atoms with Gasteiger partial charge in [-0.25, -0.2) is 4.79 Å². The minimum atomic E-state index is -1.52. The predicted octanol–water partition coefficient (Wildman–Crippen LogP) is 1.72. The van der Waals surface area contributed by atoms with Crippen LogP contribution in [0.4, 0.5) is 4.79 Å². The zero-order valence-electron chi connectivity index (χ0n) is 12.6. The maximum atomic E-state index is 12.7. The highest BCUT2D eigenvalue weighted by Gasteiger charge is 2.59. The number of imide groups is 2. The van der Waals surface area contributed by atoms with Crippen molar-refractivity contribution >= 4 is 17.8 Å². The van der Waals surface area contributed by atoms with Crippen molar-refractivity contribution in [3.05, 3.63) is 65.7 Å². The fourth-order valence-electron chi connectivity index (χ4n) is 3.33. The van der Waals surface area contributed by atoms with Gasteiger partial charge < -0.3 is 4.74 Å². The highest BCUT2D eigenvalue weighted by molar-refractivity contribution is 6.20. The van der Waals surface area contributed by atoms with Gasteiger partial charge in [-0.2, -0.15) is 0 Å². The quantitative estimate of drug-likeness (QED) is 0.783. The van der Waals surface area contributed by atoms with Gasteiger partial charge in [-0.05, 0) is 17.2 Å². The molecule has 6 nitrogen and oxygen atoms in total. The summed E-state index contributed by atoms with van der Waals surface area (Å²) in [5.41, 5.74) is -0.0696. The molecule has 2 heterocycles. The second-order valence-electron chi connectivity index (χ2n) is 5.90. The van der Waals surface area contributed by atoms with Gasteiger partial charge in [0.2, 0.25) is 11.8 Å². The lowest BCUT2D eigenvalue weighted by molar-refractivity contribution is -0.153. The largest absolute Gasteiger partial charge is 0.484 e. The Balaban J connectivity index is 1.90. The number of amides is 4. The van der Waals surface area contributed by atoms with Crippen molar-refractivity contribution < 1.29 is 19.1 Å². The van der Waals surface area contributed by atoms with Crippen LogP contribution in [0, 0.1) is 5.41 Å². The Morgan fingerprint density at radius 1 is 0.875 bits per heavy atom. The Kier molecular flexibility index (Phi) is 3.13. The van der Waals surface area contributed by atoms with E-state index in [4.69, 9.17) is 4.74 Å². The number of fused-ring (bicyclic) bond motifs is 1. The van der Waals surface area contributed by atoms with Crippen LogP contribution < -0.4 is 15.4 Å². The number of barbiturate groups is 1. The molecule has 0 radical (unpaired) electrons. The Morgan fingerprint density at radius 2 is 1.50 bits per heavy atom. The second-order valence-corrected chi connectivity index (χ2v) is 5.90. The first-order chi connectivity index (χ1) is 11.6. The Morgan fingerprint density at radius 3 is 2.21 bits per heavy atom. The van der Waals surface area contributed by atoms with Crippen molar-refractivity contribution in [2.24, 2.45) is 5.41 Å². The van der Waals surface area contributed by atoms with Gasteiger partial charge in [0, 0.05) is 6.42 Å². The molecule has 1 fully saturated rings. The third kappa shape index (κ3) is 2.00. The van der Waals surface area contributed by atoms with Crippen molar-refractivity contribution in [1.29, 1.82) is 0 Å². The van der Waals surface area contributed by atoms with Crippen LogP contribution in [0.2, 0.25) is 0 Å². The maximum Gasteiger partial charge on any atom is 0.328 e. The molecule has 0 aliphatic carbocycles. The van der Waals surface area contributed by atoms with E-state index < -0.39 is 29.4 Å². The summed E-state index contributed by atoms with van der Waals surface area (Å²) in [6.07, 6.45) is -0.657. The van der Waals surface area contributed by atoms with Crippen LogP contribution in [-0.4, -0.2) is 17.8 Å². The first-order valence-electron chi connectivity index (χ1n) is 7.57. The van der Waals surface area contributed by atoms with E-state index >= 15 is 0 Å². The number of hydrogen-bond acceptors (Lipinski definition) is 4. The van der Waals surface area contributed by atoms with E-state index in [-0.39, 0.29) is 6.42 Å². The molecule has 6 heteroatoms. The van der Waals surface area contributed by atoms with Gasteiger partial charge in [-0.3, -0.25) is 20.2 Å². The molecule has 0 saturated carbocycles. The van der Waals surface area contributed by atoms with E-state index in [1.807, 2.05) is 42.5 Å². The fourth-order valence-corrected chi connectivity index (χ4v) is 3.33. The molecule has 0 unspecified atom stereocenters. The van der Waals surface area contributed by atoms with Crippen molar-refractivity contribution in [3.8, 4) is 5.75 Å². The lowest BCUT2D eigenvalue weighted by Gasteiger charge is -2.43. The van der Waals surface area contributed by atoms with E-state index in [0.717, 1.165) is 5.56 Å². The standard InChI is InChI=1S/C18H14N2O4/c21-15-18(16(22)20-17(23)19-15)10-12-8-4-5-9-13(12)24-14(18)11-6-2-1-3-7-11/h1-9,14H,10H2,(H2,19,20,21,22,23)/t14-/m1/s1. The molecule has 4 rings (SSSR count). The summed E-state index contributed by atoms with van der Waals surface area (Å²) in [7, 11) is 0. The lowest BCUT2D eigenvalue weighted by atomic mass is 9.70. The fraction of sp³-hybridized carbons (Fsp3) is 0.167. The average molecular weight is 322 g/mol. The smallest absolute Gasteiger partial charge is 0.328 e. The number of urea groups is 1. The summed E-state index contributed by atoms with van der Waals surface area (Å²) in [6, 6.07) is 15.6. The summed E-state index contributed by atoms with van der Waals surface area (Å²) < 4.78 is 6.05. The van der Waals surface area contributed by atoms with Gasteiger partial charge in [0.05, 0.1) is 0 Å². The molecule has 0 bridgehead atoms. The van der Waals surface area contributed by atoms with Crippen LogP contribution in [0.15, 0.2) is 54.6 Å². The molecule has 24 heavy (non-hydrogen) atoms. The Labute approximate surface area is 137 Å². The third-order valence-corrected chi connectivity index (χ3v) is 4.50. The van der Waals surface area contributed by atoms with Gasteiger partial charge in [-0.15, -0.1) is 0 Å². The lowest BCUT2D eigenvalue weighted by Crippen LogP contribution is -2.66. The summed E-state index contributed by atoms with van der Waals surface area (Å²) in [4.78, 5) is 36.9. The summed E-state index contributed by atoms with van der Waals surface area (Å²) >= 11 is 0. The van der Waals surface area contributed by atoms with Gasteiger partial charge in [-0.1, -0.05) is 48.5 Å². The molecular formula is C18H14N2O4. The van der Waals surface area contributed by atoms with Crippen LogP contribution >= 0.6 is 0 Å². The van der Waals surface area contributed by atoms with Crippen molar-refractivity contribution in [3.63, 3.8) is 0 Å². The third-order valence-electron chi connectivity index (χ3n) is 4.50. The van der Waals surface area contributed by atoms with Crippen molar-refractivity contribution in [1.82, 2.24) is 10.6 Å². The van der Waals surface area contributed by atoms with Crippen LogP contribution in [0.1, 0.15) is 17.2 Å². The number of rotatable bonds is 1. The van der Waals surface area contributed by atoms with E-state index in [0.29, 0.717) is 11.3 Å². The molecule has 2 aliphatic rings. The number of benzene rings is 2. The maximum absolute atomic E-state index is 12.7. The first-order valence-corrected chi connectivity index (χ1v) is 7.57. The molecular weight excluding hydrogens is 308 g/mol. The first kappa shape index (κ1) is 14.4. The van der Waals surface area contributed by atoms with E-state index in [9.17, 15) is 14.4 Å². The highest BCUT2D eigenvalue weighted by Crippen LogP contribution is 2.47. The highest BCUT2D eigenvalue weighted by atomic mass is 16.5. The van der Waals surface area contributed by atoms with Gasteiger partial charge in [0.1, 0.15) is 11.9 Å². The molecule has 120 valence electrons. The van der Waals surface area contributed by atoms with Crippen molar-refractivity contribution in [2.75, 3.05) is 0 Å². The zero-order chi connectivity index (χ0) is 16.7.